The summed E-state index contributed by atoms with van der Waals surface area (Å²) in [5.41, 5.74) is 14.0. The molecule has 8 N–H and O–H groups in total. The number of aryl methyl sites for hydroxylation is 7. The van der Waals surface area contributed by atoms with E-state index in [4.69, 9.17) is 49.1 Å². The summed E-state index contributed by atoms with van der Waals surface area (Å²) in [7, 11) is 0. The third kappa shape index (κ3) is 27.6. The number of carboxylic acids is 2. The average Bonchev–Trinajstić information content (AvgIpc) is 3.02. The molecule has 0 aliphatic carbocycles. The Morgan fingerprint density at radius 2 is 0.778 bits per heavy atom. The molecule has 0 heterocycles. The maximum absolute atomic E-state index is 10.7. The minimum atomic E-state index is -1.23. The molecule has 0 aliphatic rings. The van der Waals surface area contributed by atoms with Crippen LogP contribution in [0, 0.1) is 48.5 Å². The van der Waals surface area contributed by atoms with Crippen LogP contribution in [0.5, 0.6) is 0 Å². The molecule has 0 atom stereocenters. The van der Waals surface area contributed by atoms with Gasteiger partial charge in [0, 0.05) is 0 Å². The SMILES string of the molecule is C.Cc1cc(C)cc(C)c1.Cc1cc(C)cc(CONO)c1.Cc1cc(C)cc(COO)c1.ClCCl.O=C(O)c1cc(CONO)cc(C(=O)O)c1.[Na+].[OH-]. The molecule has 13 nitrogen and oxygen atoms in total. The molecule has 16 heteroatoms. The molecule has 54 heavy (non-hydrogen) atoms. The van der Waals surface area contributed by atoms with E-state index in [1.54, 1.807) is 5.64 Å². The van der Waals surface area contributed by atoms with Gasteiger partial charge in [-0.15, -0.1) is 23.2 Å². The third-order valence-corrected chi connectivity index (χ3v) is 6.25. The number of rotatable bonds is 10. The van der Waals surface area contributed by atoms with Crippen LogP contribution in [0.2, 0.25) is 0 Å². The van der Waals surface area contributed by atoms with Gasteiger partial charge >= 0.3 is 41.5 Å². The van der Waals surface area contributed by atoms with Gasteiger partial charge in [0.2, 0.25) is 0 Å². The molecule has 0 amide bonds. The normalized spacial score (nSPS) is 9.26. The molecular weight excluding hydrogens is 754 g/mol. The molecule has 0 fully saturated rings. The molecule has 4 aromatic carbocycles. The zero-order valence-electron chi connectivity index (χ0n) is 31.2. The van der Waals surface area contributed by atoms with Crippen molar-refractivity contribution in [3.63, 3.8) is 0 Å². The number of hydrogen-bond acceptors (Lipinski definition) is 11. The number of carbonyl (C=O) groups is 2. The van der Waals surface area contributed by atoms with Crippen molar-refractivity contribution in [2.24, 2.45) is 0 Å². The van der Waals surface area contributed by atoms with Crippen LogP contribution in [-0.2, 0) is 34.4 Å². The van der Waals surface area contributed by atoms with Crippen molar-refractivity contribution >= 4 is 35.1 Å². The van der Waals surface area contributed by atoms with Crippen molar-refractivity contribution in [3.8, 4) is 0 Å². The fraction of sp³-hybridized carbons (Fsp3) is 0.316. The van der Waals surface area contributed by atoms with Crippen LogP contribution in [0.1, 0.15) is 83.8 Å². The van der Waals surface area contributed by atoms with Gasteiger partial charge in [-0.05, 0) is 83.4 Å². The summed E-state index contributed by atoms with van der Waals surface area (Å²) >= 11 is 9.53. The van der Waals surface area contributed by atoms with E-state index in [2.05, 4.69) is 65.7 Å². The monoisotopic (exact) mass is 806 g/mol. The summed E-state index contributed by atoms with van der Waals surface area (Å²) in [5.74, 6) is -2.47. The summed E-state index contributed by atoms with van der Waals surface area (Å²) in [6.45, 7) is 15.0. The largest absolute Gasteiger partial charge is 1.00 e. The minimum Gasteiger partial charge on any atom is -0.870 e. The van der Waals surface area contributed by atoms with Crippen molar-refractivity contribution in [2.45, 2.75) is 75.7 Å². The topological polar surface area (TPSA) is 217 Å². The number of hydrogen-bond donors (Lipinski definition) is 7. The van der Waals surface area contributed by atoms with E-state index < -0.39 is 11.9 Å². The Labute approximate surface area is 350 Å². The number of carboxylic acid groups (broad SMARTS) is 2. The van der Waals surface area contributed by atoms with Crippen molar-refractivity contribution < 1.29 is 85.1 Å². The van der Waals surface area contributed by atoms with Crippen LogP contribution in [0.3, 0.4) is 0 Å². The second kappa shape index (κ2) is 33.4. The van der Waals surface area contributed by atoms with Gasteiger partial charge in [0.25, 0.3) is 0 Å². The van der Waals surface area contributed by atoms with Crippen LogP contribution < -0.4 is 40.8 Å². The summed E-state index contributed by atoms with van der Waals surface area (Å²) in [4.78, 5) is 34.5. The maximum Gasteiger partial charge on any atom is 1.00 e. The first kappa shape index (κ1) is 57.8. The Kier molecular flexibility index (Phi) is 35.7. The predicted molar refractivity (Wildman–Crippen MR) is 205 cm³/mol. The van der Waals surface area contributed by atoms with Gasteiger partial charge in [-0.2, -0.15) is 0 Å². The van der Waals surface area contributed by atoms with Gasteiger partial charge in [0.15, 0.2) is 0 Å². The first-order chi connectivity index (χ1) is 24.1. The van der Waals surface area contributed by atoms with E-state index in [1.165, 1.54) is 56.7 Å². The van der Waals surface area contributed by atoms with Crippen LogP contribution in [0.25, 0.3) is 0 Å². The van der Waals surface area contributed by atoms with Crippen LogP contribution in [0.15, 0.2) is 72.8 Å². The summed E-state index contributed by atoms with van der Waals surface area (Å²) in [6, 6.07) is 22.3. The van der Waals surface area contributed by atoms with Gasteiger partial charge in [0.1, 0.15) is 6.61 Å². The zero-order chi connectivity index (χ0) is 38.9. The summed E-state index contributed by atoms with van der Waals surface area (Å²) in [6.07, 6.45) is 0. The van der Waals surface area contributed by atoms with E-state index in [0.29, 0.717) is 12.2 Å². The first-order valence-corrected chi connectivity index (χ1v) is 16.4. The van der Waals surface area contributed by atoms with E-state index in [-0.39, 0.29) is 72.1 Å². The van der Waals surface area contributed by atoms with E-state index in [9.17, 15) is 9.59 Å². The molecule has 0 radical (unpaired) electrons. The molecule has 0 saturated carbocycles. The second-order valence-corrected chi connectivity index (χ2v) is 12.1. The molecule has 0 saturated heterocycles. The number of alkyl halides is 2. The quantitative estimate of drug-likeness (QED) is 0.0424. The van der Waals surface area contributed by atoms with E-state index >= 15 is 0 Å². The Bertz CT molecular complexity index is 1520. The Morgan fingerprint density at radius 3 is 1.02 bits per heavy atom. The molecule has 0 spiro atoms. The van der Waals surface area contributed by atoms with Gasteiger partial charge in [-0.25, -0.2) is 14.5 Å². The fourth-order valence-corrected chi connectivity index (χ4v) is 4.84. The van der Waals surface area contributed by atoms with Crippen molar-refractivity contribution in [1.29, 1.82) is 0 Å². The van der Waals surface area contributed by atoms with Crippen molar-refractivity contribution in [2.75, 3.05) is 5.34 Å². The van der Waals surface area contributed by atoms with Gasteiger partial charge in [0.05, 0.1) is 29.7 Å². The van der Waals surface area contributed by atoms with Crippen LogP contribution in [0.4, 0.5) is 0 Å². The standard InChI is InChI=1S/C9H9NO6.C9H13NO2.C9H12O2.C9H12.CH2Cl2.CH4.Na.H2O/c11-8(12)6-1-5(4-16-10-15)2-7(3-6)9(13)14;1-7-3-8(2)5-9(4-7)6-12-10-11;1-7-3-8(2)5-9(4-7)6-11-10;1-7-4-8(2)6-9(3)5-7;2-1-3;;;/h1-3,10,15H,4H2,(H,11,12)(H,13,14);3-5,10-11H,6H2,1-2H3;3-5,10H,6H2,1-2H3;4-6H,1-3H3;1H2;1H4;;1H2/q;;;;;;+1;/p-1. The molecule has 4 aromatic rings. The van der Waals surface area contributed by atoms with Crippen LogP contribution >= 0.6 is 23.2 Å². The fourth-order valence-electron chi connectivity index (χ4n) is 4.84. The van der Waals surface area contributed by atoms with Gasteiger partial charge < -0.3 is 15.7 Å². The molecule has 0 bridgehead atoms. The van der Waals surface area contributed by atoms with Gasteiger partial charge in [-0.1, -0.05) is 112 Å². The average molecular weight is 808 g/mol. The molecule has 0 aromatic heterocycles. The van der Waals surface area contributed by atoms with Crippen molar-refractivity contribution in [1.82, 2.24) is 11.3 Å². The zero-order valence-corrected chi connectivity index (χ0v) is 34.7. The Balaban J connectivity index is -0.000000300. The molecular formula is C38H53Cl2N2NaO11. The molecule has 0 aliphatic heterocycles. The number of benzene rings is 4. The minimum absolute atomic E-state index is 0. The van der Waals surface area contributed by atoms with Gasteiger partial charge in [-0.3, -0.25) is 25.3 Å². The first-order valence-electron chi connectivity index (χ1n) is 15.3. The molecule has 4 rings (SSSR count). The van der Waals surface area contributed by atoms with Crippen molar-refractivity contribution in [3.05, 3.63) is 140 Å². The maximum atomic E-state index is 10.7. The number of aromatic carboxylic acids is 2. The summed E-state index contributed by atoms with van der Waals surface area (Å²) in [5, 5.41) is 42.3. The number of halogens is 2. The molecule has 296 valence electrons. The van der Waals surface area contributed by atoms with Crippen LogP contribution in [-0.4, -0.2) is 48.6 Å². The predicted octanol–water partition coefficient (Wildman–Crippen LogP) is 6.00. The van der Waals surface area contributed by atoms with E-state index in [1.807, 2.05) is 52.0 Å². The number of nitrogens with one attached hydrogen (secondary N) is 2. The molecule has 0 unspecified atom stereocenters. The second-order valence-electron chi connectivity index (χ2n) is 11.3. The Hall–Kier alpha value is -2.96. The smallest absolute Gasteiger partial charge is 0.870 e. The third-order valence-electron chi connectivity index (χ3n) is 6.25. The summed E-state index contributed by atoms with van der Waals surface area (Å²) < 4.78 is 0. The Morgan fingerprint density at radius 1 is 0.537 bits per heavy atom. The van der Waals surface area contributed by atoms with E-state index in [0.717, 1.165) is 17.2 Å².